The molecule has 5 heteroatoms. The molecule has 1 saturated heterocycles. The van der Waals surface area contributed by atoms with Crippen molar-refractivity contribution >= 4 is 39.6 Å². The van der Waals surface area contributed by atoms with Crippen molar-refractivity contribution in [1.82, 2.24) is 14.5 Å². The van der Waals surface area contributed by atoms with E-state index in [0.717, 1.165) is 17.6 Å². The Morgan fingerprint density at radius 2 is 2.05 bits per heavy atom. The van der Waals surface area contributed by atoms with Gasteiger partial charge in [0, 0.05) is 16.2 Å². The number of nitrogens with two attached hydrogens (primary N) is 1. The molecular weight excluding hydrogens is 363 g/mol. The summed E-state index contributed by atoms with van der Waals surface area (Å²) in [4.78, 5) is 7.05. The molecule has 4 nitrogen and oxygen atoms in total. The molecule has 2 N–H and O–H groups in total. The zero-order valence-electron chi connectivity index (χ0n) is 11.8. The van der Waals surface area contributed by atoms with Gasteiger partial charge in [-0.3, -0.25) is 0 Å². The van der Waals surface area contributed by atoms with Crippen LogP contribution in [0.5, 0.6) is 0 Å². The van der Waals surface area contributed by atoms with E-state index in [1.807, 2.05) is 0 Å². The maximum atomic E-state index is 6.14. The third kappa shape index (κ3) is 2.79. The van der Waals surface area contributed by atoms with Gasteiger partial charge < -0.3 is 15.2 Å². The van der Waals surface area contributed by atoms with E-state index in [2.05, 4.69) is 62.2 Å². The second-order valence-electron chi connectivity index (χ2n) is 5.68. The molecule has 0 amide bonds. The second kappa shape index (κ2) is 5.89. The summed E-state index contributed by atoms with van der Waals surface area (Å²) in [6, 6.07) is 6.70. The van der Waals surface area contributed by atoms with Crippen LogP contribution in [0.4, 0.5) is 5.95 Å². The molecular formula is C15H21IN4. The Labute approximate surface area is 133 Å². The number of nitrogen functional groups attached to an aromatic ring is 1. The highest BCUT2D eigenvalue weighted by molar-refractivity contribution is 14.1. The summed E-state index contributed by atoms with van der Waals surface area (Å²) in [5, 5.41) is 0. The first-order valence-electron chi connectivity index (χ1n) is 7.30. The molecule has 1 unspecified atom stereocenters. The topological polar surface area (TPSA) is 47.1 Å². The van der Waals surface area contributed by atoms with Crippen LogP contribution < -0.4 is 5.73 Å². The lowest BCUT2D eigenvalue weighted by Crippen LogP contribution is -2.34. The van der Waals surface area contributed by atoms with Gasteiger partial charge in [0.1, 0.15) is 0 Å². The summed E-state index contributed by atoms with van der Waals surface area (Å²) in [5.74, 6) is 0.631. The number of imidazole rings is 1. The van der Waals surface area contributed by atoms with E-state index >= 15 is 0 Å². The lowest BCUT2D eigenvalue weighted by Gasteiger charge is -2.30. The summed E-state index contributed by atoms with van der Waals surface area (Å²) < 4.78 is 3.38. The molecule has 0 spiro atoms. The van der Waals surface area contributed by atoms with Gasteiger partial charge in [-0.15, -0.1) is 0 Å². The monoisotopic (exact) mass is 384 g/mol. The zero-order valence-corrected chi connectivity index (χ0v) is 14.0. The van der Waals surface area contributed by atoms with Gasteiger partial charge in [0.25, 0.3) is 0 Å². The molecule has 2 aromatic rings. The molecule has 3 rings (SSSR count). The van der Waals surface area contributed by atoms with Crippen LogP contribution in [-0.2, 0) is 0 Å². The van der Waals surface area contributed by atoms with Gasteiger partial charge in [0.05, 0.1) is 11.0 Å². The number of likely N-dealkylation sites (tertiary alicyclic amines) is 1. The average Bonchev–Trinajstić information content (AvgIpc) is 2.74. The molecule has 1 aromatic heterocycles. The van der Waals surface area contributed by atoms with Gasteiger partial charge in [0.15, 0.2) is 0 Å². The van der Waals surface area contributed by atoms with E-state index in [1.54, 1.807) is 0 Å². The van der Waals surface area contributed by atoms with Crippen LogP contribution in [0.3, 0.4) is 0 Å². The lowest BCUT2D eigenvalue weighted by atomic mass is 10.1. The van der Waals surface area contributed by atoms with Crippen LogP contribution in [-0.4, -0.2) is 34.1 Å². The van der Waals surface area contributed by atoms with Crippen molar-refractivity contribution in [3.63, 3.8) is 0 Å². The van der Waals surface area contributed by atoms with E-state index in [1.165, 1.54) is 35.9 Å². The first-order chi connectivity index (χ1) is 9.65. The number of piperidine rings is 1. The molecule has 2 heterocycles. The number of halogens is 1. The van der Waals surface area contributed by atoms with Crippen LogP contribution >= 0.6 is 22.6 Å². The van der Waals surface area contributed by atoms with Crippen molar-refractivity contribution in [3.8, 4) is 0 Å². The predicted molar refractivity (Wildman–Crippen MR) is 91.9 cm³/mol. The Kier molecular flexibility index (Phi) is 4.16. The molecule has 1 fully saturated rings. The Hall–Kier alpha value is -0.820. The predicted octanol–water partition coefficient (Wildman–Crippen LogP) is 3.27. The number of hydrogen-bond donors (Lipinski definition) is 1. The Bertz CT molecular complexity index is 601. The average molecular weight is 384 g/mol. The van der Waals surface area contributed by atoms with Gasteiger partial charge in [-0.2, -0.15) is 0 Å². The van der Waals surface area contributed by atoms with Gasteiger partial charge in [-0.1, -0.05) is 6.42 Å². The molecule has 1 aliphatic rings. The SMILES string of the molecule is CC(CN1CCCCC1)n1c(N)nc2cc(I)ccc21. The number of anilines is 1. The normalized spacial score (nSPS) is 18.5. The van der Waals surface area contributed by atoms with Crippen LogP contribution in [0.1, 0.15) is 32.2 Å². The molecule has 1 aliphatic heterocycles. The second-order valence-corrected chi connectivity index (χ2v) is 6.93. The molecule has 0 saturated carbocycles. The summed E-state index contributed by atoms with van der Waals surface area (Å²) in [6.45, 7) is 5.73. The minimum Gasteiger partial charge on any atom is -0.369 e. The quantitative estimate of drug-likeness (QED) is 0.827. The van der Waals surface area contributed by atoms with Crippen molar-refractivity contribution in [2.75, 3.05) is 25.4 Å². The number of nitrogens with zero attached hydrogens (tertiary/aromatic N) is 3. The number of benzene rings is 1. The fraction of sp³-hybridized carbons (Fsp3) is 0.533. The third-order valence-corrected chi connectivity index (χ3v) is 4.76. The van der Waals surface area contributed by atoms with E-state index in [0.29, 0.717) is 12.0 Å². The van der Waals surface area contributed by atoms with Crippen molar-refractivity contribution in [2.45, 2.75) is 32.2 Å². The molecule has 1 atom stereocenters. The van der Waals surface area contributed by atoms with Crippen molar-refractivity contribution < 1.29 is 0 Å². The maximum Gasteiger partial charge on any atom is 0.201 e. The maximum absolute atomic E-state index is 6.14. The van der Waals surface area contributed by atoms with E-state index < -0.39 is 0 Å². The summed E-state index contributed by atoms with van der Waals surface area (Å²) in [7, 11) is 0. The number of rotatable bonds is 3. The van der Waals surface area contributed by atoms with Crippen LogP contribution in [0.25, 0.3) is 11.0 Å². The summed E-state index contributed by atoms with van der Waals surface area (Å²) >= 11 is 2.31. The van der Waals surface area contributed by atoms with E-state index in [-0.39, 0.29) is 0 Å². The number of fused-ring (bicyclic) bond motifs is 1. The van der Waals surface area contributed by atoms with Crippen molar-refractivity contribution in [2.24, 2.45) is 0 Å². The molecule has 108 valence electrons. The minimum absolute atomic E-state index is 0.359. The van der Waals surface area contributed by atoms with E-state index in [9.17, 15) is 0 Å². The van der Waals surface area contributed by atoms with Crippen LogP contribution in [0, 0.1) is 3.57 Å². The molecule has 20 heavy (non-hydrogen) atoms. The smallest absolute Gasteiger partial charge is 0.201 e. The fourth-order valence-corrected chi connectivity index (χ4v) is 3.63. The third-order valence-electron chi connectivity index (χ3n) is 4.09. The Balaban J connectivity index is 1.86. The zero-order chi connectivity index (χ0) is 14.1. The molecule has 0 bridgehead atoms. The van der Waals surface area contributed by atoms with Gasteiger partial charge in [-0.25, -0.2) is 4.98 Å². The largest absolute Gasteiger partial charge is 0.369 e. The van der Waals surface area contributed by atoms with Crippen LogP contribution in [0.2, 0.25) is 0 Å². The Morgan fingerprint density at radius 1 is 1.30 bits per heavy atom. The van der Waals surface area contributed by atoms with Gasteiger partial charge in [-0.05, 0) is 73.6 Å². The van der Waals surface area contributed by atoms with Crippen molar-refractivity contribution in [3.05, 3.63) is 21.8 Å². The highest BCUT2D eigenvalue weighted by atomic mass is 127. The summed E-state index contributed by atoms with van der Waals surface area (Å²) in [6.07, 6.45) is 4.02. The number of aromatic nitrogens is 2. The van der Waals surface area contributed by atoms with Gasteiger partial charge >= 0.3 is 0 Å². The lowest BCUT2D eigenvalue weighted by molar-refractivity contribution is 0.204. The van der Waals surface area contributed by atoms with Crippen molar-refractivity contribution in [1.29, 1.82) is 0 Å². The fourth-order valence-electron chi connectivity index (χ4n) is 3.15. The summed E-state index contributed by atoms with van der Waals surface area (Å²) in [5.41, 5.74) is 8.29. The molecule has 0 radical (unpaired) electrons. The first-order valence-corrected chi connectivity index (χ1v) is 8.38. The minimum atomic E-state index is 0.359. The highest BCUT2D eigenvalue weighted by Crippen LogP contribution is 2.25. The van der Waals surface area contributed by atoms with Gasteiger partial charge in [0.2, 0.25) is 5.95 Å². The molecule has 0 aliphatic carbocycles. The van der Waals surface area contributed by atoms with E-state index in [4.69, 9.17) is 5.73 Å². The highest BCUT2D eigenvalue weighted by Gasteiger charge is 2.18. The number of hydrogen-bond acceptors (Lipinski definition) is 3. The standard InChI is InChI=1S/C15H21IN4/c1-11(10-19-7-3-2-4-8-19)20-14-6-5-12(16)9-13(14)18-15(20)17/h5-6,9,11H,2-4,7-8,10H2,1H3,(H2,17,18). The van der Waals surface area contributed by atoms with Crippen LogP contribution in [0.15, 0.2) is 18.2 Å². The molecule has 1 aromatic carbocycles. The first kappa shape index (κ1) is 14.1. The Morgan fingerprint density at radius 3 is 2.80 bits per heavy atom.